The smallest absolute Gasteiger partial charge is 0.335 e. The van der Waals surface area contributed by atoms with Gasteiger partial charge >= 0.3 is 5.97 Å². The fourth-order valence-electron chi connectivity index (χ4n) is 1.20. The summed E-state index contributed by atoms with van der Waals surface area (Å²) in [5, 5.41) is 8.73. The Balaban J connectivity index is 2.59. The first-order valence-electron chi connectivity index (χ1n) is 4.03. The Morgan fingerprint density at radius 1 is 1.57 bits per heavy atom. The second-order valence-corrected chi connectivity index (χ2v) is 2.80. The lowest BCUT2D eigenvalue weighted by atomic mass is 10.2. The first-order valence-corrected chi connectivity index (χ1v) is 4.03. The summed E-state index contributed by atoms with van der Waals surface area (Å²) in [6.07, 6.45) is 0. The van der Waals surface area contributed by atoms with Gasteiger partial charge in [-0.2, -0.15) is 0 Å². The van der Waals surface area contributed by atoms with Crippen molar-refractivity contribution < 1.29 is 14.3 Å². The number of hydrogen-bond donors (Lipinski definition) is 2. The number of aromatic carboxylic acids is 1. The van der Waals surface area contributed by atoms with Gasteiger partial charge in [-0.15, -0.1) is 0 Å². The lowest BCUT2D eigenvalue weighted by Gasteiger charge is -1.91. The van der Waals surface area contributed by atoms with Crippen molar-refractivity contribution in [1.29, 1.82) is 0 Å². The summed E-state index contributed by atoms with van der Waals surface area (Å²) in [4.78, 5) is 14.7. The van der Waals surface area contributed by atoms with Gasteiger partial charge in [-0.05, 0) is 18.2 Å². The van der Waals surface area contributed by atoms with E-state index in [-0.39, 0.29) is 12.1 Å². The number of nitrogens with two attached hydrogens (primary N) is 1. The van der Waals surface area contributed by atoms with Crippen LogP contribution in [0.15, 0.2) is 22.6 Å². The fourth-order valence-corrected chi connectivity index (χ4v) is 1.20. The highest BCUT2D eigenvalue weighted by atomic mass is 16.4. The van der Waals surface area contributed by atoms with Crippen molar-refractivity contribution in [2.45, 2.75) is 6.54 Å². The average Bonchev–Trinajstić information content (AvgIpc) is 2.58. The predicted octanol–water partition coefficient (Wildman–Crippen LogP) is 0.985. The van der Waals surface area contributed by atoms with E-state index < -0.39 is 5.97 Å². The topological polar surface area (TPSA) is 89.3 Å². The summed E-state index contributed by atoms with van der Waals surface area (Å²) >= 11 is 0. The van der Waals surface area contributed by atoms with Gasteiger partial charge in [-0.1, -0.05) is 0 Å². The van der Waals surface area contributed by atoms with Crippen molar-refractivity contribution in [2.75, 3.05) is 0 Å². The molecule has 0 unspecified atom stereocenters. The number of nitrogens with zero attached hydrogens (tertiary/aromatic N) is 1. The minimum Gasteiger partial charge on any atom is -0.478 e. The van der Waals surface area contributed by atoms with Crippen LogP contribution in [-0.4, -0.2) is 16.1 Å². The first kappa shape index (κ1) is 8.71. The molecule has 14 heavy (non-hydrogen) atoms. The van der Waals surface area contributed by atoms with Crippen LogP contribution in [0.25, 0.3) is 11.1 Å². The molecule has 0 saturated carbocycles. The predicted molar refractivity (Wildman–Crippen MR) is 48.9 cm³/mol. The SMILES string of the molecule is NCc1nc2cc(C(=O)O)ccc2o1. The van der Waals surface area contributed by atoms with E-state index in [2.05, 4.69) is 4.98 Å². The number of rotatable bonds is 2. The van der Waals surface area contributed by atoms with Crippen LogP contribution in [0.2, 0.25) is 0 Å². The molecular weight excluding hydrogens is 184 g/mol. The summed E-state index contributed by atoms with van der Waals surface area (Å²) < 4.78 is 5.22. The molecule has 1 heterocycles. The molecule has 0 saturated heterocycles. The van der Waals surface area contributed by atoms with Crippen LogP contribution in [-0.2, 0) is 6.54 Å². The van der Waals surface area contributed by atoms with Crippen LogP contribution < -0.4 is 5.73 Å². The van der Waals surface area contributed by atoms with Gasteiger partial charge in [-0.25, -0.2) is 9.78 Å². The third-order valence-electron chi connectivity index (χ3n) is 1.85. The standard InChI is InChI=1S/C9H8N2O3/c10-4-8-11-6-3-5(9(12)13)1-2-7(6)14-8/h1-3H,4,10H2,(H,12,13). The molecule has 2 rings (SSSR count). The van der Waals surface area contributed by atoms with Crippen LogP contribution in [0.1, 0.15) is 16.2 Å². The maximum absolute atomic E-state index is 10.6. The molecule has 72 valence electrons. The molecule has 0 radical (unpaired) electrons. The van der Waals surface area contributed by atoms with Crippen LogP contribution in [0.5, 0.6) is 0 Å². The van der Waals surface area contributed by atoms with Crippen molar-refractivity contribution in [3.63, 3.8) is 0 Å². The summed E-state index contributed by atoms with van der Waals surface area (Å²) in [7, 11) is 0. The van der Waals surface area contributed by atoms with Gasteiger partial charge in [0.15, 0.2) is 5.58 Å². The van der Waals surface area contributed by atoms with Gasteiger partial charge in [-0.3, -0.25) is 0 Å². The Hall–Kier alpha value is -1.88. The van der Waals surface area contributed by atoms with E-state index in [4.69, 9.17) is 15.3 Å². The van der Waals surface area contributed by atoms with E-state index in [1.165, 1.54) is 12.1 Å². The third kappa shape index (κ3) is 1.33. The van der Waals surface area contributed by atoms with Crippen molar-refractivity contribution >= 4 is 17.1 Å². The zero-order valence-electron chi connectivity index (χ0n) is 7.23. The van der Waals surface area contributed by atoms with E-state index in [1.807, 2.05) is 0 Å². The van der Waals surface area contributed by atoms with Crippen molar-refractivity contribution in [2.24, 2.45) is 5.73 Å². The number of carboxylic acid groups (broad SMARTS) is 1. The van der Waals surface area contributed by atoms with Crippen LogP contribution in [0, 0.1) is 0 Å². The van der Waals surface area contributed by atoms with Gasteiger partial charge in [0.2, 0.25) is 5.89 Å². The minimum absolute atomic E-state index is 0.189. The van der Waals surface area contributed by atoms with Crippen LogP contribution in [0.4, 0.5) is 0 Å². The molecule has 1 aromatic heterocycles. The Kier molecular flexibility index (Phi) is 1.94. The van der Waals surface area contributed by atoms with Crippen molar-refractivity contribution in [3.05, 3.63) is 29.7 Å². The van der Waals surface area contributed by atoms with Gasteiger partial charge in [0.1, 0.15) is 5.52 Å². The number of benzene rings is 1. The fraction of sp³-hybridized carbons (Fsp3) is 0.111. The zero-order chi connectivity index (χ0) is 10.1. The lowest BCUT2D eigenvalue weighted by Crippen LogP contribution is -1.96. The Morgan fingerprint density at radius 3 is 3.00 bits per heavy atom. The van der Waals surface area contributed by atoms with Gasteiger partial charge in [0.05, 0.1) is 12.1 Å². The molecule has 0 spiro atoms. The second-order valence-electron chi connectivity index (χ2n) is 2.80. The summed E-state index contributed by atoms with van der Waals surface area (Å²) in [5.41, 5.74) is 6.60. The number of aromatic nitrogens is 1. The normalized spacial score (nSPS) is 10.6. The molecule has 0 bridgehead atoms. The molecule has 0 fully saturated rings. The molecule has 0 aliphatic rings. The van der Waals surface area contributed by atoms with Crippen LogP contribution in [0.3, 0.4) is 0 Å². The monoisotopic (exact) mass is 192 g/mol. The van der Waals surface area contributed by atoms with E-state index in [9.17, 15) is 4.79 Å². The molecule has 5 nitrogen and oxygen atoms in total. The molecule has 2 aromatic rings. The van der Waals surface area contributed by atoms with Crippen molar-refractivity contribution in [1.82, 2.24) is 4.98 Å². The average molecular weight is 192 g/mol. The highest BCUT2D eigenvalue weighted by molar-refractivity contribution is 5.91. The maximum Gasteiger partial charge on any atom is 0.335 e. The first-order chi connectivity index (χ1) is 6.70. The number of hydrogen-bond acceptors (Lipinski definition) is 4. The number of carboxylic acids is 1. The molecule has 0 aliphatic heterocycles. The number of oxazole rings is 1. The highest BCUT2D eigenvalue weighted by Gasteiger charge is 2.08. The molecule has 3 N–H and O–H groups in total. The van der Waals surface area contributed by atoms with Crippen molar-refractivity contribution in [3.8, 4) is 0 Å². The second kappa shape index (κ2) is 3.12. The maximum atomic E-state index is 10.6. The Labute approximate surface area is 79.2 Å². The molecule has 5 heteroatoms. The summed E-state index contributed by atoms with van der Waals surface area (Å²) in [6.45, 7) is 0.205. The van der Waals surface area contributed by atoms with E-state index >= 15 is 0 Å². The molecule has 0 amide bonds. The Morgan fingerprint density at radius 2 is 2.36 bits per heavy atom. The summed E-state index contributed by atoms with van der Waals surface area (Å²) in [5.74, 6) is -0.577. The highest BCUT2D eigenvalue weighted by Crippen LogP contribution is 2.16. The lowest BCUT2D eigenvalue weighted by molar-refractivity contribution is 0.0697. The molecule has 0 atom stereocenters. The van der Waals surface area contributed by atoms with Gasteiger partial charge in [0, 0.05) is 0 Å². The van der Waals surface area contributed by atoms with E-state index in [0.29, 0.717) is 17.0 Å². The summed E-state index contributed by atoms with van der Waals surface area (Å²) in [6, 6.07) is 4.50. The molecular formula is C9H8N2O3. The van der Waals surface area contributed by atoms with E-state index in [1.54, 1.807) is 6.07 Å². The van der Waals surface area contributed by atoms with E-state index in [0.717, 1.165) is 0 Å². The number of fused-ring (bicyclic) bond motifs is 1. The minimum atomic E-state index is -0.982. The largest absolute Gasteiger partial charge is 0.478 e. The molecule has 1 aromatic carbocycles. The number of carbonyl (C=O) groups is 1. The van der Waals surface area contributed by atoms with Gasteiger partial charge < -0.3 is 15.3 Å². The quantitative estimate of drug-likeness (QED) is 0.740. The third-order valence-corrected chi connectivity index (χ3v) is 1.85. The van der Waals surface area contributed by atoms with Crippen LogP contribution >= 0.6 is 0 Å². The Bertz CT molecular complexity index is 490. The molecule has 0 aliphatic carbocycles. The van der Waals surface area contributed by atoms with Gasteiger partial charge in [0.25, 0.3) is 0 Å². The zero-order valence-corrected chi connectivity index (χ0v) is 7.23.